The van der Waals surface area contributed by atoms with Crippen molar-refractivity contribution in [2.45, 2.75) is 0 Å². The first kappa shape index (κ1) is 4.88. The number of nitrogens with zero attached hydrogens (tertiary/aromatic N) is 2. The molecule has 0 saturated heterocycles. The quantitative estimate of drug-likeness (QED) is 0.542. The Kier molecular flexibility index (Phi) is 0.960. The van der Waals surface area contributed by atoms with Gasteiger partial charge in [-0.15, -0.1) is 11.3 Å². The van der Waals surface area contributed by atoms with Gasteiger partial charge in [-0.3, -0.25) is 4.98 Å². The predicted octanol–water partition coefficient (Wildman–Crippen LogP) is 1.29. The largest absolute Gasteiger partial charge is 0.251 e. The van der Waals surface area contributed by atoms with E-state index in [1.54, 1.807) is 6.20 Å². The van der Waals surface area contributed by atoms with Crippen molar-refractivity contribution in [3.8, 4) is 0 Å². The highest BCUT2D eigenvalue weighted by atomic mass is 32.1. The van der Waals surface area contributed by atoms with Gasteiger partial charge in [0.05, 0.1) is 11.6 Å². The third kappa shape index (κ3) is 0.695. The predicted molar refractivity (Wildman–Crippen MR) is 35.1 cm³/mol. The number of fused-ring (bicyclic) bond motifs is 1. The van der Waals surface area contributed by atoms with Crippen LogP contribution in [-0.4, -0.2) is 9.97 Å². The van der Waals surface area contributed by atoms with Gasteiger partial charge in [0.25, 0.3) is 0 Å². The smallest absolute Gasteiger partial charge is 0.109 e. The van der Waals surface area contributed by atoms with Gasteiger partial charge in [0.1, 0.15) is 17.2 Å². The fraction of sp³-hybridized carbons (Fsp3) is 0. The normalized spacial score (nSPS) is 10.2. The van der Waals surface area contributed by atoms with Crippen LogP contribution in [0.2, 0.25) is 0 Å². The SMILES string of the molecule is [c]1cnc2cs[c]c2n1. The molecule has 2 heterocycles. The number of aromatic nitrogens is 2. The van der Waals surface area contributed by atoms with Crippen LogP contribution in [-0.2, 0) is 0 Å². The summed E-state index contributed by atoms with van der Waals surface area (Å²) in [7, 11) is 0. The molecule has 0 saturated carbocycles. The second kappa shape index (κ2) is 1.77. The van der Waals surface area contributed by atoms with Crippen LogP contribution in [0.15, 0.2) is 11.6 Å². The molecule has 0 spiro atoms. The molecule has 0 fully saturated rings. The lowest BCUT2D eigenvalue weighted by Crippen LogP contribution is -1.74. The minimum atomic E-state index is 0.808. The van der Waals surface area contributed by atoms with Gasteiger partial charge in [-0.2, -0.15) is 0 Å². The maximum atomic E-state index is 4.00. The van der Waals surface area contributed by atoms with E-state index in [2.05, 4.69) is 21.5 Å². The zero-order chi connectivity index (χ0) is 6.10. The highest BCUT2D eigenvalue weighted by Crippen LogP contribution is 2.10. The molecule has 0 aliphatic heterocycles. The minimum Gasteiger partial charge on any atom is -0.251 e. The van der Waals surface area contributed by atoms with Crippen LogP contribution in [0.5, 0.6) is 0 Å². The summed E-state index contributed by atoms with van der Waals surface area (Å²) >= 11 is 1.48. The first-order valence-electron chi connectivity index (χ1n) is 2.45. The highest BCUT2D eigenvalue weighted by Gasteiger charge is 1.92. The molecule has 0 atom stereocenters. The van der Waals surface area contributed by atoms with E-state index in [0.29, 0.717) is 0 Å². The Balaban J connectivity index is 2.95. The lowest BCUT2D eigenvalue weighted by molar-refractivity contribution is 1.29. The molecule has 0 unspecified atom stereocenters. The molecule has 0 aliphatic carbocycles. The molecule has 3 heteroatoms. The Labute approximate surface area is 56.2 Å². The summed E-state index contributed by atoms with van der Waals surface area (Å²) in [6, 6.07) is 0. The summed E-state index contributed by atoms with van der Waals surface area (Å²) < 4.78 is 0. The Morgan fingerprint density at radius 2 is 2.56 bits per heavy atom. The van der Waals surface area contributed by atoms with E-state index < -0.39 is 0 Å². The second-order valence-corrected chi connectivity index (χ2v) is 2.25. The van der Waals surface area contributed by atoms with E-state index in [-0.39, 0.29) is 0 Å². The second-order valence-electron chi connectivity index (χ2n) is 1.57. The van der Waals surface area contributed by atoms with Gasteiger partial charge in [-0.25, -0.2) is 4.98 Å². The zero-order valence-corrected chi connectivity index (χ0v) is 5.27. The molecule has 2 radical (unpaired) electrons. The minimum absolute atomic E-state index is 0.808. The molecule has 0 aliphatic rings. The summed E-state index contributed by atoms with van der Waals surface area (Å²) in [5.74, 6) is 0. The van der Waals surface area contributed by atoms with E-state index in [9.17, 15) is 0 Å². The van der Waals surface area contributed by atoms with Gasteiger partial charge in [0.2, 0.25) is 0 Å². The standard InChI is InChI=1S/C6H2N2S/c1-2-8-6-4-9-3-5(6)7-1/h1,3H. The van der Waals surface area contributed by atoms with Crippen LogP contribution >= 0.6 is 11.3 Å². The van der Waals surface area contributed by atoms with Gasteiger partial charge >= 0.3 is 0 Å². The molecule has 0 bridgehead atoms. The molecule has 0 N–H and O–H groups in total. The maximum Gasteiger partial charge on any atom is 0.109 e. The number of hydrogen-bond acceptors (Lipinski definition) is 3. The summed E-state index contributed by atoms with van der Waals surface area (Å²) in [4.78, 5) is 7.91. The van der Waals surface area contributed by atoms with Crippen LogP contribution in [0, 0.1) is 11.6 Å². The maximum absolute atomic E-state index is 4.00. The molecule has 2 aromatic heterocycles. The van der Waals surface area contributed by atoms with E-state index >= 15 is 0 Å². The first-order valence-corrected chi connectivity index (χ1v) is 3.33. The topological polar surface area (TPSA) is 25.8 Å². The molecule has 0 amide bonds. The molecule has 2 nitrogen and oxygen atoms in total. The van der Waals surface area contributed by atoms with Gasteiger partial charge in [-0.05, 0) is 0 Å². The molecule has 9 heavy (non-hydrogen) atoms. The van der Waals surface area contributed by atoms with Crippen molar-refractivity contribution in [3.63, 3.8) is 0 Å². The van der Waals surface area contributed by atoms with Crippen molar-refractivity contribution >= 4 is 22.4 Å². The lowest BCUT2D eigenvalue weighted by atomic mass is 10.5. The summed E-state index contributed by atoms with van der Waals surface area (Å²) in [6.07, 6.45) is 4.19. The third-order valence-corrected chi connectivity index (χ3v) is 1.66. The molecular weight excluding hydrogens is 132 g/mol. The van der Waals surface area contributed by atoms with Crippen molar-refractivity contribution in [2.75, 3.05) is 0 Å². The van der Waals surface area contributed by atoms with Crippen molar-refractivity contribution in [1.29, 1.82) is 0 Å². The van der Waals surface area contributed by atoms with Crippen LogP contribution < -0.4 is 0 Å². The average Bonchev–Trinajstić information content (AvgIpc) is 2.33. The molecule has 2 rings (SSSR count). The Hall–Kier alpha value is -0.960. The monoisotopic (exact) mass is 134 g/mol. The average molecular weight is 134 g/mol. The van der Waals surface area contributed by atoms with Gasteiger partial charge in [-0.1, -0.05) is 0 Å². The molecule has 0 aromatic carbocycles. The number of thiophene rings is 1. The molecular formula is C6H2N2S. The van der Waals surface area contributed by atoms with Crippen LogP contribution in [0.3, 0.4) is 0 Å². The fourth-order valence-corrected chi connectivity index (χ4v) is 1.22. The van der Waals surface area contributed by atoms with Crippen molar-refractivity contribution < 1.29 is 0 Å². The van der Waals surface area contributed by atoms with Gasteiger partial charge in [0, 0.05) is 5.38 Å². The van der Waals surface area contributed by atoms with Gasteiger partial charge in [0.15, 0.2) is 0 Å². The molecule has 2 aromatic rings. The summed E-state index contributed by atoms with van der Waals surface area (Å²) in [6.45, 7) is 0. The van der Waals surface area contributed by atoms with E-state index in [0.717, 1.165) is 11.0 Å². The summed E-state index contributed by atoms with van der Waals surface area (Å²) in [5, 5.41) is 4.87. The summed E-state index contributed by atoms with van der Waals surface area (Å²) in [5.41, 5.74) is 1.71. The van der Waals surface area contributed by atoms with E-state index in [4.69, 9.17) is 0 Å². The third-order valence-electron chi connectivity index (χ3n) is 1.01. The van der Waals surface area contributed by atoms with Gasteiger partial charge < -0.3 is 0 Å². The molecule has 42 valence electrons. The van der Waals surface area contributed by atoms with Crippen molar-refractivity contribution in [3.05, 3.63) is 23.2 Å². The number of rotatable bonds is 0. The van der Waals surface area contributed by atoms with E-state index in [1.807, 2.05) is 5.38 Å². The van der Waals surface area contributed by atoms with Crippen molar-refractivity contribution in [2.24, 2.45) is 0 Å². The fourth-order valence-electron chi connectivity index (χ4n) is 0.613. The highest BCUT2D eigenvalue weighted by molar-refractivity contribution is 7.08. The Bertz CT molecular complexity index is 285. The van der Waals surface area contributed by atoms with Crippen LogP contribution in [0.25, 0.3) is 11.0 Å². The Morgan fingerprint density at radius 3 is 3.44 bits per heavy atom. The first-order chi connectivity index (χ1) is 4.47. The lowest BCUT2D eigenvalue weighted by Gasteiger charge is -1.80. The van der Waals surface area contributed by atoms with E-state index in [1.165, 1.54) is 11.3 Å². The Morgan fingerprint density at radius 1 is 1.56 bits per heavy atom. The number of hydrogen-bond donors (Lipinski definition) is 0. The zero-order valence-electron chi connectivity index (χ0n) is 4.46. The van der Waals surface area contributed by atoms with Crippen LogP contribution in [0.1, 0.15) is 0 Å². The van der Waals surface area contributed by atoms with Crippen molar-refractivity contribution in [1.82, 2.24) is 9.97 Å². The van der Waals surface area contributed by atoms with Crippen LogP contribution in [0.4, 0.5) is 0 Å².